The Labute approximate surface area is 130 Å². The number of amides is 2. The summed E-state index contributed by atoms with van der Waals surface area (Å²) in [6.45, 7) is 1.90. The van der Waals surface area contributed by atoms with E-state index in [1.54, 1.807) is 30.3 Å². The minimum absolute atomic E-state index is 0.365. The predicted molar refractivity (Wildman–Crippen MR) is 87.4 cm³/mol. The van der Waals surface area contributed by atoms with Crippen molar-refractivity contribution in [2.45, 2.75) is 6.92 Å². The minimum atomic E-state index is -0.365. The van der Waals surface area contributed by atoms with Gasteiger partial charge in [0.05, 0.1) is 5.69 Å². The summed E-state index contributed by atoms with van der Waals surface area (Å²) in [7, 11) is 0. The molecule has 20 heavy (non-hydrogen) atoms. The Balaban J connectivity index is 2.10. The van der Waals surface area contributed by atoms with Gasteiger partial charge in [0, 0.05) is 20.9 Å². The first kappa shape index (κ1) is 14.7. The van der Waals surface area contributed by atoms with Crippen LogP contribution in [-0.4, -0.2) is 6.03 Å². The van der Waals surface area contributed by atoms with Gasteiger partial charge in [0.2, 0.25) is 0 Å². The molecule has 0 radical (unpaired) electrons. The quantitative estimate of drug-likeness (QED) is 0.688. The monoisotopic (exact) mass is 353 g/mol. The number of anilines is 3. The molecule has 0 spiro atoms. The first-order valence-corrected chi connectivity index (χ1v) is 7.02. The standard InChI is InChI=1S/C14H13BrClN3O/c1-8-5-11(15)13(7-12(8)17)19-14(20)18-10-4-2-3-9(16)6-10/h2-7H,17H2,1H3,(H2,18,19,20). The minimum Gasteiger partial charge on any atom is -0.398 e. The van der Waals surface area contributed by atoms with Gasteiger partial charge in [0.25, 0.3) is 0 Å². The fourth-order valence-corrected chi connectivity index (χ4v) is 2.38. The van der Waals surface area contributed by atoms with Crippen molar-refractivity contribution >= 4 is 50.6 Å². The number of rotatable bonds is 2. The largest absolute Gasteiger partial charge is 0.398 e. The molecule has 104 valence electrons. The molecule has 0 saturated carbocycles. The topological polar surface area (TPSA) is 67.2 Å². The van der Waals surface area contributed by atoms with E-state index in [0.717, 1.165) is 10.0 Å². The Morgan fingerprint density at radius 2 is 2.00 bits per heavy atom. The van der Waals surface area contributed by atoms with Crippen LogP contribution in [0.1, 0.15) is 5.56 Å². The van der Waals surface area contributed by atoms with Crippen LogP contribution in [0.25, 0.3) is 0 Å². The smallest absolute Gasteiger partial charge is 0.323 e. The van der Waals surface area contributed by atoms with Crippen LogP contribution in [0.3, 0.4) is 0 Å². The van der Waals surface area contributed by atoms with Crippen molar-refractivity contribution in [2.75, 3.05) is 16.4 Å². The molecule has 0 aliphatic heterocycles. The predicted octanol–water partition coefficient (Wildman–Crippen LogP) is 4.64. The van der Waals surface area contributed by atoms with Crippen LogP contribution in [0.5, 0.6) is 0 Å². The summed E-state index contributed by atoms with van der Waals surface area (Å²) in [5.41, 5.74) is 8.61. The number of benzene rings is 2. The molecule has 0 aromatic heterocycles. The average Bonchev–Trinajstić information content (AvgIpc) is 2.36. The molecule has 0 aliphatic carbocycles. The first-order valence-electron chi connectivity index (χ1n) is 5.85. The first-order chi connectivity index (χ1) is 9.45. The molecule has 2 amide bonds. The molecule has 0 aliphatic rings. The molecule has 2 rings (SSSR count). The summed E-state index contributed by atoms with van der Waals surface area (Å²) < 4.78 is 0.769. The van der Waals surface area contributed by atoms with Gasteiger partial charge in [-0.25, -0.2) is 4.79 Å². The molecule has 0 unspecified atom stereocenters. The lowest BCUT2D eigenvalue weighted by Crippen LogP contribution is -2.19. The SMILES string of the molecule is Cc1cc(Br)c(NC(=O)Nc2cccc(Cl)c2)cc1N. The molecule has 4 nitrogen and oxygen atoms in total. The van der Waals surface area contributed by atoms with Crippen LogP contribution in [-0.2, 0) is 0 Å². The lowest BCUT2D eigenvalue weighted by atomic mass is 10.2. The second-order valence-electron chi connectivity index (χ2n) is 4.28. The Kier molecular flexibility index (Phi) is 4.52. The van der Waals surface area contributed by atoms with Crippen LogP contribution in [0.4, 0.5) is 21.9 Å². The number of nitrogens with two attached hydrogens (primary N) is 1. The lowest BCUT2D eigenvalue weighted by molar-refractivity contribution is 0.262. The number of urea groups is 1. The number of aryl methyl sites for hydroxylation is 1. The number of nitrogens with one attached hydrogen (secondary N) is 2. The van der Waals surface area contributed by atoms with Gasteiger partial charge in [-0.05, 0) is 58.7 Å². The van der Waals surface area contributed by atoms with E-state index in [-0.39, 0.29) is 6.03 Å². The third kappa shape index (κ3) is 3.65. The Bertz CT molecular complexity index is 661. The normalized spacial score (nSPS) is 10.2. The van der Waals surface area contributed by atoms with Gasteiger partial charge in [0.15, 0.2) is 0 Å². The highest BCUT2D eigenvalue weighted by Gasteiger charge is 2.08. The summed E-state index contributed by atoms with van der Waals surface area (Å²) >= 11 is 9.24. The fraction of sp³-hybridized carbons (Fsp3) is 0.0714. The number of carbonyl (C=O) groups is 1. The summed E-state index contributed by atoms with van der Waals surface area (Å²) in [5.74, 6) is 0. The summed E-state index contributed by atoms with van der Waals surface area (Å²) in [4.78, 5) is 11.9. The Morgan fingerprint density at radius 1 is 1.25 bits per heavy atom. The van der Waals surface area contributed by atoms with Gasteiger partial charge in [-0.15, -0.1) is 0 Å². The van der Waals surface area contributed by atoms with E-state index in [4.69, 9.17) is 17.3 Å². The van der Waals surface area contributed by atoms with E-state index in [1.807, 2.05) is 13.0 Å². The van der Waals surface area contributed by atoms with Crippen LogP contribution in [0, 0.1) is 6.92 Å². The van der Waals surface area contributed by atoms with Gasteiger partial charge >= 0.3 is 6.03 Å². The van der Waals surface area contributed by atoms with Crippen molar-refractivity contribution in [3.8, 4) is 0 Å². The van der Waals surface area contributed by atoms with E-state index in [0.29, 0.717) is 22.1 Å². The van der Waals surface area contributed by atoms with Crippen LogP contribution < -0.4 is 16.4 Å². The number of nitrogen functional groups attached to an aromatic ring is 1. The van der Waals surface area contributed by atoms with Gasteiger partial charge in [-0.1, -0.05) is 17.7 Å². The fourth-order valence-electron chi connectivity index (χ4n) is 1.64. The average molecular weight is 355 g/mol. The van der Waals surface area contributed by atoms with Gasteiger partial charge in [-0.2, -0.15) is 0 Å². The van der Waals surface area contributed by atoms with Gasteiger partial charge < -0.3 is 16.4 Å². The van der Waals surface area contributed by atoms with Gasteiger partial charge in [-0.3, -0.25) is 0 Å². The maximum atomic E-state index is 11.9. The van der Waals surface area contributed by atoms with Crippen LogP contribution >= 0.6 is 27.5 Å². The van der Waals surface area contributed by atoms with Crippen molar-refractivity contribution in [3.63, 3.8) is 0 Å². The van der Waals surface area contributed by atoms with E-state index in [1.165, 1.54) is 0 Å². The molecular formula is C14H13BrClN3O. The summed E-state index contributed by atoms with van der Waals surface area (Å²) in [6, 6.07) is 10.1. The van der Waals surface area contributed by atoms with E-state index in [9.17, 15) is 4.79 Å². The zero-order valence-electron chi connectivity index (χ0n) is 10.7. The highest BCUT2D eigenvalue weighted by Crippen LogP contribution is 2.28. The third-order valence-electron chi connectivity index (χ3n) is 2.69. The number of hydrogen-bond donors (Lipinski definition) is 3. The number of halogens is 2. The Morgan fingerprint density at radius 3 is 2.70 bits per heavy atom. The molecule has 0 saturated heterocycles. The van der Waals surface area contributed by atoms with Crippen molar-refractivity contribution in [1.29, 1.82) is 0 Å². The third-order valence-corrected chi connectivity index (χ3v) is 3.58. The van der Waals surface area contributed by atoms with E-state index >= 15 is 0 Å². The summed E-state index contributed by atoms with van der Waals surface area (Å²) in [5, 5.41) is 5.98. The maximum Gasteiger partial charge on any atom is 0.323 e. The molecule has 0 heterocycles. The van der Waals surface area contributed by atoms with Crippen molar-refractivity contribution in [2.24, 2.45) is 0 Å². The van der Waals surface area contributed by atoms with Gasteiger partial charge in [0.1, 0.15) is 0 Å². The molecule has 6 heteroatoms. The van der Waals surface area contributed by atoms with Crippen molar-refractivity contribution in [3.05, 3.63) is 51.5 Å². The molecule has 2 aromatic rings. The molecule has 2 aromatic carbocycles. The maximum absolute atomic E-state index is 11.9. The lowest BCUT2D eigenvalue weighted by Gasteiger charge is -2.11. The van der Waals surface area contributed by atoms with Crippen LogP contribution in [0.2, 0.25) is 5.02 Å². The zero-order valence-corrected chi connectivity index (χ0v) is 13.0. The van der Waals surface area contributed by atoms with Crippen molar-refractivity contribution in [1.82, 2.24) is 0 Å². The molecule has 4 N–H and O–H groups in total. The Hall–Kier alpha value is -1.72. The second kappa shape index (κ2) is 6.15. The second-order valence-corrected chi connectivity index (χ2v) is 5.57. The zero-order chi connectivity index (χ0) is 14.7. The molecule has 0 bridgehead atoms. The molecule has 0 fully saturated rings. The summed E-state index contributed by atoms with van der Waals surface area (Å²) in [6.07, 6.45) is 0. The number of carbonyl (C=O) groups excluding carboxylic acids is 1. The van der Waals surface area contributed by atoms with E-state index in [2.05, 4.69) is 26.6 Å². The van der Waals surface area contributed by atoms with E-state index < -0.39 is 0 Å². The number of hydrogen-bond acceptors (Lipinski definition) is 2. The highest BCUT2D eigenvalue weighted by molar-refractivity contribution is 9.10. The molecular weight excluding hydrogens is 342 g/mol. The van der Waals surface area contributed by atoms with Crippen LogP contribution in [0.15, 0.2) is 40.9 Å². The van der Waals surface area contributed by atoms with Crippen molar-refractivity contribution < 1.29 is 4.79 Å². The molecule has 0 atom stereocenters. The highest BCUT2D eigenvalue weighted by atomic mass is 79.9.